The molecular formula is C21H31N3O3. The number of carbonyl (C=O) groups excluding carboxylic acids is 2. The van der Waals surface area contributed by atoms with Crippen LogP contribution in [0, 0.1) is 5.41 Å². The fourth-order valence-electron chi connectivity index (χ4n) is 4.25. The molecule has 6 heteroatoms. The summed E-state index contributed by atoms with van der Waals surface area (Å²) in [5, 5.41) is 3.06. The predicted molar refractivity (Wildman–Crippen MR) is 104 cm³/mol. The molecule has 0 bridgehead atoms. The summed E-state index contributed by atoms with van der Waals surface area (Å²) in [7, 11) is 0. The molecule has 0 radical (unpaired) electrons. The minimum atomic E-state index is -0.111. The van der Waals surface area contributed by atoms with Crippen molar-refractivity contribution in [3.05, 3.63) is 30.3 Å². The lowest BCUT2D eigenvalue weighted by Gasteiger charge is -2.35. The normalized spacial score (nSPS) is 21.9. The lowest BCUT2D eigenvalue weighted by molar-refractivity contribution is -0.128. The van der Waals surface area contributed by atoms with Crippen LogP contribution < -0.4 is 15.8 Å². The number of likely N-dealkylation sites (tertiary alicyclic amines) is 1. The highest BCUT2D eigenvalue weighted by Gasteiger charge is 2.35. The first-order chi connectivity index (χ1) is 13.1. The van der Waals surface area contributed by atoms with Gasteiger partial charge < -0.3 is 20.7 Å². The Morgan fingerprint density at radius 2 is 1.96 bits per heavy atom. The molecule has 1 unspecified atom stereocenters. The molecule has 1 aromatic rings. The Morgan fingerprint density at radius 3 is 2.67 bits per heavy atom. The SMILES string of the molecule is NCC1(CC(=O)NC2CC(=O)N(CCOc3ccccc3)C2)CCCCC1. The standard InChI is InChI=1S/C21H31N3O3/c22-16-21(9-5-2-6-10-21)14-19(25)23-17-13-20(26)24(15-17)11-12-27-18-7-3-1-4-8-18/h1,3-4,7-8,17H,2,5-6,9-16,22H2,(H,23,25). The number of nitrogens with one attached hydrogen (secondary N) is 1. The van der Waals surface area contributed by atoms with Crippen molar-refractivity contribution in [3.63, 3.8) is 0 Å². The molecule has 0 aromatic heterocycles. The zero-order valence-corrected chi connectivity index (χ0v) is 16.0. The molecule has 1 atom stereocenters. The number of amides is 2. The third-order valence-electron chi connectivity index (χ3n) is 5.84. The van der Waals surface area contributed by atoms with Crippen molar-refractivity contribution < 1.29 is 14.3 Å². The van der Waals surface area contributed by atoms with Crippen molar-refractivity contribution in [2.45, 2.75) is 51.0 Å². The fourth-order valence-corrected chi connectivity index (χ4v) is 4.25. The molecule has 0 spiro atoms. The van der Waals surface area contributed by atoms with Gasteiger partial charge in [0.25, 0.3) is 0 Å². The Balaban J connectivity index is 1.42. The molecule has 3 N–H and O–H groups in total. The second-order valence-electron chi connectivity index (χ2n) is 7.91. The molecule has 1 saturated carbocycles. The van der Waals surface area contributed by atoms with E-state index in [4.69, 9.17) is 10.5 Å². The van der Waals surface area contributed by atoms with Crippen LogP contribution in [-0.4, -0.2) is 49.0 Å². The summed E-state index contributed by atoms with van der Waals surface area (Å²) in [5.41, 5.74) is 5.94. The van der Waals surface area contributed by atoms with Gasteiger partial charge in [-0.1, -0.05) is 37.5 Å². The van der Waals surface area contributed by atoms with E-state index in [1.54, 1.807) is 4.90 Å². The van der Waals surface area contributed by atoms with Crippen LogP contribution in [0.2, 0.25) is 0 Å². The van der Waals surface area contributed by atoms with Crippen molar-refractivity contribution in [2.24, 2.45) is 11.1 Å². The van der Waals surface area contributed by atoms with Crippen LogP contribution in [0.25, 0.3) is 0 Å². The van der Waals surface area contributed by atoms with Gasteiger partial charge in [0.05, 0.1) is 12.6 Å². The Morgan fingerprint density at radius 1 is 1.22 bits per heavy atom. The second-order valence-corrected chi connectivity index (χ2v) is 7.91. The number of ether oxygens (including phenoxy) is 1. The van der Waals surface area contributed by atoms with Crippen molar-refractivity contribution in [1.29, 1.82) is 0 Å². The monoisotopic (exact) mass is 373 g/mol. The molecule has 27 heavy (non-hydrogen) atoms. The van der Waals surface area contributed by atoms with Gasteiger partial charge in [-0.3, -0.25) is 9.59 Å². The van der Waals surface area contributed by atoms with Gasteiger partial charge in [0.2, 0.25) is 11.8 Å². The zero-order chi connectivity index (χ0) is 19.1. The van der Waals surface area contributed by atoms with Crippen LogP contribution in [0.1, 0.15) is 44.9 Å². The number of nitrogens with two attached hydrogens (primary N) is 1. The summed E-state index contributed by atoms with van der Waals surface area (Å²) in [6.45, 7) is 2.10. The maximum absolute atomic E-state index is 12.5. The van der Waals surface area contributed by atoms with E-state index in [1.807, 2.05) is 30.3 Å². The maximum Gasteiger partial charge on any atom is 0.224 e. The van der Waals surface area contributed by atoms with Crippen LogP contribution >= 0.6 is 0 Å². The van der Waals surface area contributed by atoms with E-state index < -0.39 is 0 Å². The number of para-hydroxylation sites is 1. The zero-order valence-electron chi connectivity index (χ0n) is 16.0. The average Bonchev–Trinajstić information content (AvgIpc) is 3.02. The van der Waals surface area contributed by atoms with Crippen molar-refractivity contribution in [2.75, 3.05) is 26.2 Å². The van der Waals surface area contributed by atoms with Crippen molar-refractivity contribution >= 4 is 11.8 Å². The predicted octanol–water partition coefficient (Wildman–Crippen LogP) is 2.08. The summed E-state index contributed by atoms with van der Waals surface area (Å²) in [4.78, 5) is 26.5. The number of carbonyl (C=O) groups is 2. The first kappa shape index (κ1) is 19.7. The van der Waals surface area contributed by atoms with Gasteiger partial charge in [-0.2, -0.15) is 0 Å². The van der Waals surface area contributed by atoms with E-state index >= 15 is 0 Å². The Hall–Kier alpha value is -2.08. The Kier molecular flexibility index (Phi) is 6.72. The van der Waals surface area contributed by atoms with Crippen molar-refractivity contribution in [1.82, 2.24) is 10.2 Å². The van der Waals surface area contributed by atoms with E-state index in [0.717, 1.165) is 31.4 Å². The fraction of sp³-hybridized carbons (Fsp3) is 0.619. The van der Waals surface area contributed by atoms with Crippen LogP contribution in [0.15, 0.2) is 30.3 Å². The summed E-state index contributed by atoms with van der Waals surface area (Å²) in [5.74, 6) is 0.902. The number of nitrogens with zero attached hydrogens (tertiary/aromatic N) is 1. The molecule has 148 valence electrons. The third kappa shape index (κ3) is 5.45. The number of benzene rings is 1. The third-order valence-corrected chi connectivity index (χ3v) is 5.84. The van der Waals surface area contributed by atoms with Gasteiger partial charge in [-0.25, -0.2) is 0 Å². The lowest BCUT2D eigenvalue weighted by atomic mass is 9.71. The first-order valence-electron chi connectivity index (χ1n) is 10.1. The first-order valence-corrected chi connectivity index (χ1v) is 10.1. The van der Waals surface area contributed by atoms with Crippen molar-refractivity contribution in [3.8, 4) is 5.75 Å². The van der Waals surface area contributed by atoms with Gasteiger partial charge in [-0.05, 0) is 36.9 Å². The second kappa shape index (κ2) is 9.22. The molecular weight excluding hydrogens is 342 g/mol. The number of hydrogen-bond donors (Lipinski definition) is 2. The molecule has 2 aliphatic rings. The molecule has 1 aliphatic heterocycles. The van der Waals surface area contributed by atoms with E-state index in [2.05, 4.69) is 5.32 Å². The molecule has 1 aromatic carbocycles. The van der Waals surface area contributed by atoms with Gasteiger partial charge >= 0.3 is 0 Å². The van der Waals surface area contributed by atoms with E-state index in [1.165, 1.54) is 6.42 Å². The van der Waals surface area contributed by atoms with Gasteiger partial charge in [-0.15, -0.1) is 0 Å². The van der Waals surface area contributed by atoms with Gasteiger partial charge in [0, 0.05) is 19.4 Å². The van der Waals surface area contributed by atoms with E-state index in [0.29, 0.717) is 39.1 Å². The minimum absolute atomic E-state index is 0.0301. The highest BCUT2D eigenvalue weighted by molar-refractivity contribution is 5.82. The molecule has 6 nitrogen and oxygen atoms in total. The largest absolute Gasteiger partial charge is 0.492 e. The molecule has 1 aliphatic carbocycles. The highest BCUT2D eigenvalue weighted by Crippen LogP contribution is 2.38. The average molecular weight is 373 g/mol. The van der Waals surface area contributed by atoms with Crippen LogP contribution in [-0.2, 0) is 9.59 Å². The molecule has 3 rings (SSSR count). The van der Waals surface area contributed by atoms with Crippen LogP contribution in [0.5, 0.6) is 5.75 Å². The smallest absolute Gasteiger partial charge is 0.224 e. The van der Waals surface area contributed by atoms with Gasteiger partial charge in [0.15, 0.2) is 0 Å². The molecule has 1 heterocycles. The van der Waals surface area contributed by atoms with E-state index in [9.17, 15) is 9.59 Å². The molecule has 2 fully saturated rings. The topological polar surface area (TPSA) is 84.7 Å². The van der Waals surface area contributed by atoms with E-state index in [-0.39, 0.29) is 23.3 Å². The Bertz CT molecular complexity index is 629. The molecule has 2 amide bonds. The van der Waals surface area contributed by atoms with Crippen LogP contribution in [0.4, 0.5) is 0 Å². The minimum Gasteiger partial charge on any atom is -0.492 e. The van der Waals surface area contributed by atoms with Crippen LogP contribution in [0.3, 0.4) is 0 Å². The number of hydrogen-bond acceptors (Lipinski definition) is 4. The summed E-state index contributed by atoms with van der Waals surface area (Å²) in [6, 6.07) is 9.46. The maximum atomic E-state index is 12.5. The van der Waals surface area contributed by atoms with Gasteiger partial charge in [0.1, 0.15) is 12.4 Å². The number of rotatable bonds is 8. The highest BCUT2D eigenvalue weighted by atomic mass is 16.5. The molecule has 1 saturated heterocycles. The summed E-state index contributed by atoms with van der Waals surface area (Å²) in [6.07, 6.45) is 6.45. The summed E-state index contributed by atoms with van der Waals surface area (Å²) >= 11 is 0. The Labute approximate surface area is 161 Å². The lowest BCUT2D eigenvalue weighted by Crippen LogP contribution is -2.43. The summed E-state index contributed by atoms with van der Waals surface area (Å²) < 4.78 is 5.67. The quantitative estimate of drug-likeness (QED) is 0.731.